The van der Waals surface area contributed by atoms with E-state index in [0.717, 1.165) is 12.1 Å². The molecular formula is C14H11F2NO2. The molecule has 0 bridgehead atoms. The Kier molecular flexibility index (Phi) is 3.46. The summed E-state index contributed by atoms with van der Waals surface area (Å²) in [6.45, 7) is 1.71. The Balaban J connectivity index is 2.23. The fourth-order valence-electron chi connectivity index (χ4n) is 1.59. The predicted octanol–water partition coefficient (Wildman–Crippen LogP) is 3.23. The SMILES string of the molecule is Cc1ccc(C(=O)Nc2ccc(O)c(F)c2)c(F)c1. The summed E-state index contributed by atoms with van der Waals surface area (Å²) in [6, 6.07) is 7.59. The molecule has 0 aliphatic rings. The zero-order valence-electron chi connectivity index (χ0n) is 10.1. The van der Waals surface area contributed by atoms with E-state index in [1.807, 2.05) is 0 Å². The second-order valence-electron chi connectivity index (χ2n) is 4.10. The van der Waals surface area contributed by atoms with Crippen LogP contribution in [0.1, 0.15) is 15.9 Å². The molecule has 2 rings (SSSR count). The van der Waals surface area contributed by atoms with Gasteiger partial charge in [0, 0.05) is 11.8 Å². The molecule has 0 saturated heterocycles. The maximum atomic E-state index is 13.6. The highest BCUT2D eigenvalue weighted by Crippen LogP contribution is 2.20. The Morgan fingerprint density at radius 3 is 2.47 bits per heavy atom. The third kappa shape index (κ3) is 2.88. The Morgan fingerprint density at radius 1 is 1.11 bits per heavy atom. The second-order valence-corrected chi connectivity index (χ2v) is 4.10. The number of rotatable bonds is 2. The predicted molar refractivity (Wildman–Crippen MR) is 67.2 cm³/mol. The number of amides is 1. The first-order chi connectivity index (χ1) is 8.97. The lowest BCUT2D eigenvalue weighted by atomic mass is 10.1. The minimum atomic E-state index is -0.859. The normalized spacial score (nSPS) is 10.3. The third-order valence-corrected chi connectivity index (χ3v) is 2.57. The second kappa shape index (κ2) is 5.06. The van der Waals surface area contributed by atoms with Gasteiger partial charge in [0.2, 0.25) is 0 Å². The van der Waals surface area contributed by atoms with Gasteiger partial charge < -0.3 is 10.4 Å². The zero-order chi connectivity index (χ0) is 14.0. The first kappa shape index (κ1) is 13.0. The molecule has 0 heterocycles. The average molecular weight is 263 g/mol. The van der Waals surface area contributed by atoms with Gasteiger partial charge in [0.1, 0.15) is 5.82 Å². The van der Waals surface area contributed by atoms with Crippen LogP contribution in [-0.4, -0.2) is 11.0 Å². The van der Waals surface area contributed by atoms with Crippen molar-refractivity contribution < 1.29 is 18.7 Å². The lowest BCUT2D eigenvalue weighted by molar-refractivity contribution is 0.102. The Labute approximate surface area is 108 Å². The van der Waals surface area contributed by atoms with Crippen molar-refractivity contribution in [1.29, 1.82) is 0 Å². The van der Waals surface area contributed by atoms with Crippen LogP contribution >= 0.6 is 0 Å². The molecule has 0 radical (unpaired) electrons. The van der Waals surface area contributed by atoms with Gasteiger partial charge >= 0.3 is 0 Å². The van der Waals surface area contributed by atoms with Crippen LogP contribution in [0.5, 0.6) is 5.75 Å². The van der Waals surface area contributed by atoms with Gasteiger partial charge in [0.05, 0.1) is 5.56 Å². The number of hydrogen-bond donors (Lipinski definition) is 2. The number of phenols is 1. The van der Waals surface area contributed by atoms with Gasteiger partial charge in [-0.2, -0.15) is 0 Å². The molecule has 19 heavy (non-hydrogen) atoms. The highest BCUT2D eigenvalue weighted by atomic mass is 19.1. The number of carbonyl (C=O) groups is 1. The average Bonchev–Trinajstić information content (AvgIpc) is 2.33. The van der Waals surface area contributed by atoms with Crippen molar-refractivity contribution in [3.8, 4) is 5.75 Å². The van der Waals surface area contributed by atoms with Gasteiger partial charge in [-0.3, -0.25) is 4.79 Å². The molecule has 2 aromatic carbocycles. The molecule has 0 spiro atoms. The molecular weight excluding hydrogens is 252 g/mol. The molecule has 0 saturated carbocycles. The highest BCUT2D eigenvalue weighted by Gasteiger charge is 2.12. The summed E-state index contributed by atoms with van der Waals surface area (Å²) < 4.78 is 26.7. The smallest absolute Gasteiger partial charge is 0.258 e. The maximum absolute atomic E-state index is 13.6. The van der Waals surface area contributed by atoms with Crippen LogP contribution in [0.3, 0.4) is 0 Å². The van der Waals surface area contributed by atoms with Crippen molar-refractivity contribution in [1.82, 2.24) is 0 Å². The van der Waals surface area contributed by atoms with Gasteiger partial charge in [-0.1, -0.05) is 6.07 Å². The maximum Gasteiger partial charge on any atom is 0.258 e. The van der Waals surface area contributed by atoms with Gasteiger partial charge in [0.15, 0.2) is 11.6 Å². The van der Waals surface area contributed by atoms with Crippen LogP contribution in [0.4, 0.5) is 14.5 Å². The first-order valence-electron chi connectivity index (χ1n) is 5.53. The van der Waals surface area contributed by atoms with E-state index in [1.54, 1.807) is 13.0 Å². The van der Waals surface area contributed by atoms with E-state index in [4.69, 9.17) is 5.11 Å². The van der Waals surface area contributed by atoms with Crippen LogP contribution in [0, 0.1) is 18.6 Å². The monoisotopic (exact) mass is 263 g/mol. The zero-order valence-corrected chi connectivity index (χ0v) is 10.1. The number of benzene rings is 2. The Morgan fingerprint density at radius 2 is 1.84 bits per heavy atom. The number of aryl methyl sites for hydroxylation is 1. The van der Waals surface area contributed by atoms with Crippen molar-refractivity contribution in [3.63, 3.8) is 0 Å². The van der Waals surface area contributed by atoms with E-state index in [9.17, 15) is 13.6 Å². The molecule has 2 N–H and O–H groups in total. The number of carbonyl (C=O) groups excluding carboxylic acids is 1. The van der Waals surface area contributed by atoms with Gasteiger partial charge in [0.25, 0.3) is 5.91 Å². The molecule has 3 nitrogen and oxygen atoms in total. The van der Waals surface area contributed by atoms with Gasteiger partial charge in [-0.15, -0.1) is 0 Å². The molecule has 0 atom stereocenters. The van der Waals surface area contributed by atoms with Crippen molar-refractivity contribution in [3.05, 3.63) is 59.2 Å². The van der Waals surface area contributed by atoms with E-state index in [1.165, 1.54) is 18.2 Å². The van der Waals surface area contributed by atoms with Crippen molar-refractivity contribution in [2.45, 2.75) is 6.92 Å². The van der Waals surface area contributed by atoms with Crippen molar-refractivity contribution in [2.24, 2.45) is 0 Å². The molecule has 1 amide bonds. The molecule has 2 aromatic rings. The number of phenolic OH excluding ortho intramolecular Hbond substituents is 1. The van der Waals surface area contributed by atoms with Crippen molar-refractivity contribution in [2.75, 3.05) is 5.32 Å². The molecule has 0 fully saturated rings. The van der Waals surface area contributed by atoms with Crippen LogP contribution in [-0.2, 0) is 0 Å². The summed E-state index contributed by atoms with van der Waals surface area (Å²) in [5.74, 6) is -2.69. The summed E-state index contributed by atoms with van der Waals surface area (Å²) >= 11 is 0. The largest absolute Gasteiger partial charge is 0.505 e. The standard InChI is InChI=1S/C14H11F2NO2/c1-8-2-4-10(11(15)6-8)14(19)17-9-3-5-13(18)12(16)7-9/h2-7,18H,1H3,(H,17,19). The summed E-state index contributed by atoms with van der Waals surface area (Å²) in [5, 5.41) is 11.4. The van der Waals surface area contributed by atoms with Crippen LogP contribution in [0.2, 0.25) is 0 Å². The summed E-state index contributed by atoms with van der Waals surface area (Å²) in [7, 11) is 0. The lowest BCUT2D eigenvalue weighted by Gasteiger charge is -2.07. The fourth-order valence-corrected chi connectivity index (χ4v) is 1.59. The van der Waals surface area contributed by atoms with E-state index >= 15 is 0 Å². The molecule has 98 valence electrons. The number of halogens is 2. The van der Waals surface area contributed by atoms with E-state index in [-0.39, 0.29) is 11.3 Å². The quantitative estimate of drug-likeness (QED) is 0.817. The summed E-state index contributed by atoms with van der Waals surface area (Å²) in [5.41, 5.74) is 0.712. The molecule has 5 heteroatoms. The molecule has 0 aliphatic heterocycles. The lowest BCUT2D eigenvalue weighted by Crippen LogP contribution is -2.13. The molecule has 0 aromatic heterocycles. The van der Waals surface area contributed by atoms with E-state index in [2.05, 4.69) is 5.32 Å². The number of hydrogen-bond acceptors (Lipinski definition) is 2. The Hall–Kier alpha value is -2.43. The van der Waals surface area contributed by atoms with Crippen LogP contribution < -0.4 is 5.32 Å². The first-order valence-corrected chi connectivity index (χ1v) is 5.53. The highest BCUT2D eigenvalue weighted by molar-refractivity contribution is 6.04. The van der Waals surface area contributed by atoms with Crippen LogP contribution in [0.25, 0.3) is 0 Å². The fraction of sp³-hybridized carbons (Fsp3) is 0.0714. The number of aromatic hydroxyl groups is 1. The van der Waals surface area contributed by atoms with Gasteiger partial charge in [-0.05, 0) is 36.8 Å². The van der Waals surface area contributed by atoms with E-state index < -0.39 is 23.3 Å². The van der Waals surface area contributed by atoms with E-state index in [0.29, 0.717) is 5.56 Å². The number of anilines is 1. The molecule has 0 aliphatic carbocycles. The Bertz CT molecular complexity index is 641. The van der Waals surface area contributed by atoms with Crippen molar-refractivity contribution >= 4 is 11.6 Å². The third-order valence-electron chi connectivity index (χ3n) is 2.57. The van der Waals surface area contributed by atoms with Crippen LogP contribution in [0.15, 0.2) is 36.4 Å². The summed E-state index contributed by atoms with van der Waals surface area (Å²) in [6.07, 6.45) is 0. The minimum Gasteiger partial charge on any atom is -0.505 e. The number of nitrogens with one attached hydrogen (secondary N) is 1. The van der Waals surface area contributed by atoms with Gasteiger partial charge in [-0.25, -0.2) is 8.78 Å². The topological polar surface area (TPSA) is 49.3 Å². The summed E-state index contributed by atoms with van der Waals surface area (Å²) in [4.78, 5) is 11.8. The molecule has 0 unspecified atom stereocenters. The minimum absolute atomic E-state index is 0.126.